The van der Waals surface area contributed by atoms with Crippen molar-refractivity contribution in [2.24, 2.45) is 23.2 Å². The van der Waals surface area contributed by atoms with Crippen LogP contribution in [0.5, 0.6) is 0 Å². The van der Waals surface area contributed by atoms with Crippen molar-refractivity contribution in [1.29, 1.82) is 0 Å². The Kier molecular flexibility index (Phi) is 13.7. The number of likely N-dealkylation sites (N-methyl/N-ethyl adjacent to an activating group) is 2. The molecule has 19 atom stereocenters. The van der Waals surface area contributed by atoms with E-state index in [1.54, 1.807) is 46.6 Å². The number of aliphatic hydroxyl groups excluding tert-OH is 3. The monoisotopic (exact) mass is 828 g/mol. The predicted molar refractivity (Wildman–Crippen MR) is 205 cm³/mol. The van der Waals surface area contributed by atoms with Crippen LogP contribution < -0.4 is 0 Å². The summed E-state index contributed by atoms with van der Waals surface area (Å²) in [5.41, 5.74) is -5.86. The summed E-state index contributed by atoms with van der Waals surface area (Å²) in [6, 6.07) is -1.21. The number of Topliss-reactive ketones (excluding diaryl/α,β-unsaturated/α-hetero) is 2. The highest BCUT2D eigenvalue weighted by molar-refractivity contribution is 6.01. The molecule has 0 spiro atoms. The van der Waals surface area contributed by atoms with Crippen molar-refractivity contribution in [2.45, 2.75) is 172 Å². The molecule has 5 aliphatic rings. The number of ketones is 2. The number of carbonyl (C=O) groups excluding carboxylic acids is 4. The van der Waals surface area contributed by atoms with E-state index in [2.05, 4.69) is 0 Å². The second-order valence-corrected chi connectivity index (χ2v) is 18.5. The fourth-order valence-electron chi connectivity index (χ4n) is 10.6. The summed E-state index contributed by atoms with van der Waals surface area (Å²) in [7, 11) is 8.08. The quantitative estimate of drug-likeness (QED) is 0.229. The van der Waals surface area contributed by atoms with Gasteiger partial charge < -0.3 is 58.1 Å². The van der Waals surface area contributed by atoms with E-state index in [1.165, 1.54) is 28.1 Å². The molecule has 0 radical (unpaired) electrons. The molecule has 5 fully saturated rings. The highest BCUT2D eigenvalue weighted by Crippen LogP contribution is 2.55. The molecule has 0 bridgehead atoms. The molecule has 0 aromatic heterocycles. The standard InChI is InChI=1S/C41H68N2O15/c1-15-24-40(8)29-25(35(50)58-40)43(12)18-38(29,6)30(46)19(2)17-39(7,51-13)33(57-36-27(45)23(42(10)11)16-20(3)53-36)28(26(44)21(4)34(49)55-24)56-37-32(48)41(9,52-14)31(47)22(5)54-37/h19-25,27-29,31-33,36-37,45,47-48H,15-18H2,1-14H3/t19-,20-,21-,22-,23+,24-,25?,27-,28+,29?,31-,32+,33-,36+,37?,38?,39+,40-,41?/m1/s1. The molecule has 5 rings (SSSR count). The second kappa shape index (κ2) is 17.0. The molecular formula is C41H68N2O15. The zero-order chi connectivity index (χ0) is 43.6. The molecular weight excluding hydrogens is 760 g/mol. The molecule has 3 N–H and O–H groups in total. The third kappa shape index (κ3) is 7.80. The number of hydrogen-bond donors (Lipinski definition) is 3. The van der Waals surface area contributed by atoms with E-state index in [-0.39, 0.29) is 25.2 Å². The lowest BCUT2D eigenvalue weighted by Gasteiger charge is -2.50. The van der Waals surface area contributed by atoms with Crippen LogP contribution in [0, 0.1) is 23.2 Å². The van der Waals surface area contributed by atoms with Gasteiger partial charge in [0.25, 0.3) is 0 Å². The molecule has 332 valence electrons. The first-order chi connectivity index (χ1) is 26.9. The van der Waals surface area contributed by atoms with Crippen LogP contribution in [0.3, 0.4) is 0 Å². The van der Waals surface area contributed by atoms with Crippen molar-refractivity contribution in [3.8, 4) is 0 Å². The average molecular weight is 829 g/mol. The Morgan fingerprint density at radius 3 is 2.09 bits per heavy atom. The minimum Gasteiger partial charge on any atom is -0.458 e. The molecule has 0 aromatic rings. The van der Waals surface area contributed by atoms with Crippen LogP contribution in [0.4, 0.5) is 0 Å². The second-order valence-electron chi connectivity index (χ2n) is 18.5. The Bertz CT molecular complexity index is 1550. The zero-order valence-corrected chi connectivity index (χ0v) is 36.6. The first-order valence-corrected chi connectivity index (χ1v) is 20.5. The summed E-state index contributed by atoms with van der Waals surface area (Å²) < 4.78 is 49.5. The molecule has 5 saturated heterocycles. The van der Waals surface area contributed by atoms with Crippen molar-refractivity contribution in [2.75, 3.05) is 41.9 Å². The highest BCUT2D eigenvalue weighted by Gasteiger charge is 2.71. The van der Waals surface area contributed by atoms with E-state index >= 15 is 9.59 Å². The molecule has 17 nitrogen and oxygen atoms in total. The minimum atomic E-state index is -1.82. The normalized spacial score (nSPS) is 49.7. The van der Waals surface area contributed by atoms with E-state index in [1.807, 2.05) is 32.8 Å². The number of cyclic esters (lactones) is 1. The lowest BCUT2D eigenvalue weighted by molar-refractivity contribution is -0.351. The number of carbonyl (C=O) groups is 4. The number of nitrogens with zero attached hydrogens (tertiary/aromatic N) is 2. The van der Waals surface area contributed by atoms with Crippen LogP contribution >= 0.6 is 0 Å². The number of likely N-dealkylation sites (tertiary alicyclic amines) is 1. The highest BCUT2D eigenvalue weighted by atomic mass is 16.7. The van der Waals surface area contributed by atoms with Gasteiger partial charge in [-0.05, 0) is 81.9 Å². The number of aliphatic hydroxyl groups is 3. The van der Waals surface area contributed by atoms with Gasteiger partial charge in [0.2, 0.25) is 0 Å². The maximum absolute atomic E-state index is 15.1. The van der Waals surface area contributed by atoms with Crippen molar-refractivity contribution in [3.05, 3.63) is 0 Å². The van der Waals surface area contributed by atoms with Gasteiger partial charge in [0.15, 0.2) is 24.0 Å². The van der Waals surface area contributed by atoms with Crippen LogP contribution in [0.25, 0.3) is 0 Å². The Labute approximate surface area is 342 Å². The lowest BCUT2D eigenvalue weighted by Crippen LogP contribution is -2.68. The Balaban J connectivity index is 1.70. The van der Waals surface area contributed by atoms with Crippen LogP contribution in [-0.2, 0) is 57.1 Å². The van der Waals surface area contributed by atoms with Crippen molar-refractivity contribution in [3.63, 3.8) is 0 Å². The van der Waals surface area contributed by atoms with Crippen LogP contribution in [0.2, 0.25) is 0 Å². The largest absolute Gasteiger partial charge is 0.458 e. The Morgan fingerprint density at radius 2 is 1.52 bits per heavy atom. The van der Waals surface area contributed by atoms with Gasteiger partial charge in [-0.25, -0.2) is 0 Å². The first-order valence-electron chi connectivity index (χ1n) is 20.5. The van der Waals surface area contributed by atoms with Crippen molar-refractivity contribution < 1.29 is 72.4 Å². The van der Waals surface area contributed by atoms with Crippen molar-refractivity contribution >= 4 is 23.5 Å². The van der Waals surface area contributed by atoms with Gasteiger partial charge >= 0.3 is 11.9 Å². The maximum atomic E-state index is 15.1. The molecule has 5 aliphatic heterocycles. The Morgan fingerprint density at radius 1 is 0.879 bits per heavy atom. The SMILES string of the molecule is CC[C@H]1OC(=O)[C@H](C)C(=O)[C@H](OC2O[C@H](C)[C@@H](O)C(C)(OC)[C@H]2O)[C@@H](O[C@@H]2O[C@H](C)C[C@H](N(C)C)[C@H]2O)[C@@](C)(OC)C[C@@H](C)C(=O)C2(C)CN(C)C3C(=O)O[C@@]1(C)C32. The van der Waals surface area contributed by atoms with Crippen LogP contribution in [-0.4, -0.2) is 181 Å². The maximum Gasteiger partial charge on any atom is 0.324 e. The third-order valence-electron chi connectivity index (χ3n) is 14.1. The fraction of sp³-hybridized carbons (Fsp3) is 0.902. The molecule has 5 heterocycles. The van der Waals surface area contributed by atoms with E-state index in [0.29, 0.717) is 6.42 Å². The van der Waals surface area contributed by atoms with Gasteiger partial charge in [0, 0.05) is 44.1 Å². The van der Waals surface area contributed by atoms with Crippen LogP contribution in [0.1, 0.15) is 81.6 Å². The molecule has 5 unspecified atom stereocenters. The summed E-state index contributed by atoms with van der Waals surface area (Å²) >= 11 is 0. The number of methoxy groups -OCH3 is 2. The number of ether oxygens (including phenoxy) is 8. The summed E-state index contributed by atoms with van der Waals surface area (Å²) in [6.07, 6.45) is -12.4. The average Bonchev–Trinajstić information content (AvgIpc) is 3.63. The number of hydrogen-bond acceptors (Lipinski definition) is 17. The van der Waals surface area contributed by atoms with Gasteiger partial charge in [-0.2, -0.15) is 0 Å². The zero-order valence-electron chi connectivity index (χ0n) is 36.6. The lowest BCUT2D eigenvalue weighted by atomic mass is 9.62. The topological polar surface area (TPSA) is 209 Å². The van der Waals surface area contributed by atoms with Crippen LogP contribution in [0.15, 0.2) is 0 Å². The molecule has 0 amide bonds. The minimum absolute atomic E-state index is 0.0765. The van der Waals surface area contributed by atoms with E-state index in [4.69, 9.17) is 37.9 Å². The molecule has 0 aliphatic carbocycles. The summed E-state index contributed by atoms with van der Waals surface area (Å²) in [5.74, 6) is -5.64. The van der Waals surface area contributed by atoms with E-state index < -0.39 is 131 Å². The summed E-state index contributed by atoms with van der Waals surface area (Å²) in [5, 5.41) is 34.4. The molecule has 58 heavy (non-hydrogen) atoms. The summed E-state index contributed by atoms with van der Waals surface area (Å²) in [6.45, 7) is 15.1. The van der Waals surface area contributed by atoms with Gasteiger partial charge in [0.1, 0.15) is 60.0 Å². The van der Waals surface area contributed by atoms with Gasteiger partial charge in [0.05, 0.1) is 17.8 Å². The van der Waals surface area contributed by atoms with E-state index in [9.17, 15) is 24.9 Å². The first kappa shape index (κ1) is 46.9. The van der Waals surface area contributed by atoms with Gasteiger partial charge in [-0.1, -0.05) is 20.8 Å². The molecule has 0 aromatic carbocycles. The third-order valence-corrected chi connectivity index (χ3v) is 14.1. The smallest absolute Gasteiger partial charge is 0.324 e. The van der Waals surface area contributed by atoms with Gasteiger partial charge in [-0.15, -0.1) is 0 Å². The predicted octanol–water partition coefficient (Wildman–Crippen LogP) is 0.848. The number of esters is 2. The summed E-state index contributed by atoms with van der Waals surface area (Å²) in [4.78, 5) is 61.7. The molecule has 17 heteroatoms. The Hall–Kier alpha value is -2.16. The molecule has 0 saturated carbocycles. The van der Waals surface area contributed by atoms with Gasteiger partial charge in [-0.3, -0.25) is 24.1 Å². The number of rotatable bonds is 8. The fourth-order valence-corrected chi connectivity index (χ4v) is 10.6. The van der Waals surface area contributed by atoms with E-state index in [0.717, 1.165) is 0 Å². The van der Waals surface area contributed by atoms with Crippen molar-refractivity contribution in [1.82, 2.24) is 9.80 Å².